The second-order valence-corrected chi connectivity index (χ2v) is 4.96. The lowest BCUT2D eigenvalue weighted by Gasteiger charge is -2.03. The predicted molar refractivity (Wildman–Crippen MR) is 77.7 cm³/mol. The molecule has 2 heterocycles. The number of aromatic amines is 1. The number of hydrogen-bond acceptors (Lipinski definition) is 5. The molecule has 0 spiro atoms. The van der Waals surface area contributed by atoms with E-state index in [-0.39, 0.29) is 0 Å². The minimum Gasteiger partial charge on any atom is -0.335 e. The number of hydrogen-bond donors (Lipinski definition) is 2. The number of nitrogens with zero attached hydrogens (tertiary/aromatic N) is 5. The summed E-state index contributed by atoms with van der Waals surface area (Å²) in [5.74, 6) is 6.23. The Labute approximate surface area is 124 Å². The van der Waals surface area contributed by atoms with E-state index in [1.807, 2.05) is 19.1 Å². The van der Waals surface area contributed by atoms with Crippen molar-refractivity contribution in [3.63, 3.8) is 0 Å². The van der Waals surface area contributed by atoms with Gasteiger partial charge in [0.15, 0.2) is 5.69 Å². The molecule has 0 bridgehead atoms. The van der Waals surface area contributed by atoms with Gasteiger partial charge in [-0.2, -0.15) is 5.10 Å². The number of nitrogens with two attached hydrogens (primary N) is 1. The van der Waals surface area contributed by atoms with Crippen LogP contribution in [0, 0.1) is 11.7 Å². The van der Waals surface area contributed by atoms with Crippen molar-refractivity contribution in [2.45, 2.75) is 6.92 Å². The summed E-state index contributed by atoms with van der Waals surface area (Å²) in [7, 11) is 0. The largest absolute Gasteiger partial charge is 0.335 e. The lowest BCUT2D eigenvalue weighted by Crippen LogP contribution is -2.10. The molecule has 0 atom stereocenters. The Morgan fingerprint density at radius 1 is 1.30 bits per heavy atom. The van der Waals surface area contributed by atoms with Crippen LogP contribution in [-0.2, 0) is 0 Å². The number of H-pyrrole nitrogens is 1. The van der Waals surface area contributed by atoms with Crippen molar-refractivity contribution in [2.24, 2.45) is 0 Å². The first kappa shape index (κ1) is 12.8. The average molecular weight is 308 g/mol. The highest BCUT2D eigenvalue weighted by Gasteiger charge is 2.17. The lowest BCUT2D eigenvalue weighted by molar-refractivity contribution is 0.785. The molecule has 0 aliphatic heterocycles. The van der Waals surface area contributed by atoms with Crippen LogP contribution < -0.4 is 5.84 Å². The van der Waals surface area contributed by atoms with Crippen LogP contribution in [0.3, 0.4) is 0 Å². The molecule has 1 aromatic carbocycles. The van der Waals surface area contributed by atoms with Gasteiger partial charge in [-0.1, -0.05) is 16.8 Å². The summed E-state index contributed by atoms with van der Waals surface area (Å²) in [6.45, 7) is 1.88. The average Bonchev–Trinajstić information content (AvgIpc) is 2.96. The smallest absolute Gasteiger partial charge is 0.214 e. The van der Waals surface area contributed by atoms with Gasteiger partial charge >= 0.3 is 0 Å². The Balaban J connectivity index is 2.11. The standard InChI is InChI=1S/C11H10ClN7S/c1-6-9(10-15-16-11(20)18(10)13)14-17-19(6)8-4-2-7(12)3-5-8/h2-5H,13H2,1H3,(H,16,20). The molecular formula is C11H10ClN7S. The first-order valence-electron chi connectivity index (χ1n) is 5.69. The van der Waals surface area contributed by atoms with Gasteiger partial charge in [0.25, 0.3) is 0 Å². The monoisotopic (exact) mass is 307 g/mol. The number of nitrogen functional groups attached to an aromatic ring is 1. The Hall–Kier alpha value is -2.19. The molecule has 3 N–H and O–H groups in total. The van der Waals surface area contributed by atoms with Crippen molar-refractivity contribution in [1.29, 1.82) is 0 Å². The molecule has 20 heavy (non-hydrogen) atoms. The van der Waals surface area contributed by atoms with Crippen molar-refractivity contribution < 1.29 is 0 Å². The molecular weight excluding hydrogens is 298 g/mol. The number of rotatable bonds is 2. The van der Waals surface area contributed by atoms with Gasteiger partial charge in [-0.05, 0) is 43.4 Å². The fourth-order valence-corrected chi connectivity index (χ4v) is 2.09. The third kappa shape index (κ3) is 1.98. The summed E-state index contributed by atoms with van der Waals surface area (Å²) in [5, 5.41) is 15.5. The van der Waals surface area contributed by atoms with E-state index in [2.05, 4.69) is 20.5 Å². The van der Waals surface area contributed by atoms with Gasteiger partial charge in [0.05, 0.1) is 11.4 Å². The molecule has 0 aliphatic rings. The minimum absolute atomic E-state index is 0.320. The number of benzene rings is 1. The molecule has 0 saturated carbocycles. The predicted octanol–water partition coefficient (Wildman–Crippen LogP) is 1.86. The van der Waals surface area contributed by atoms with Crippen molar-refractivity contribution in [1.82, 2.24) is 29.9 Å². The van der Waals surface area contributed by atoms with Crippen LogP contribution in [-0.4, -0.2) is 29.9 Å². The van der Waals surface area contributed by atoms with Crippen LogP contribution in [0.4, 0.5) is 0 Å². The summed E-state index contributed by atoms with van der Waals surface area (Å²) in [6, 6.07) is 7.29. The van der Waals surface area contributed by atoms with E-state index in [1.165, 1.54) is 4.68 Å². The Morgan fingerprint density at radius 2 is 2.00 bits per heavy atom. The van der Waals surface area contributed by atoms with Crippen LogP contribution in [0.5, 0.6) is 0 Å². The van der Waals surface area contributed by atoms with Gasteiger partial charge in [0, 0.05) is 5.02 Å². The third-order valence-electron chi connectivity index (χ3n) is 2.88. The highest BCUT2D eigenvalue weighted by atomic mass is 35.5. The second-order valence-electron chi connectivity index (χ2n) is 4.13. The molecule has 102 valence electrons. The van der Waals surface area contributed by atoms with Gasteiger partial charge in [-0.3, -0.25) is 0 Å². The van der Waals surface area contributed by atoms with Crippen LogP contribution in [0.2, 0.25) is 5.02 Å². The molecule has 2 aromatic heterocycles. The van der Waals surface area contributed by atoms with E-state index in [0.717, 1.165) is 11.4 Å². The van der Waals surface area contributed by atoms with Gasteiger partial charge in [0.2, 0.25) is 10.6 Å². The zero-order chi connectivity index (χ0) is 14.3. The Kier molecular flexibility index (Phi) is 3.03. The maximum Gasteiger partial charge on any atom is 0.214 e. The summed E-state index contributed by atoms with van der Waals surface area (Å²) in [5.41, 5.74) is 2.21. The fraction of sp³-hybridized carbons (Fsp3) is 0.0909. The molecule has 3 rings (SSSR count). The van der Waals surface area contributed by atoms with Gasteiger partial charge < -0.3 is 5.84 Å². The topological polar surface area (TPSA) is 90.3 Å². The van der Waals surface area contributed by atoms with Gasteiger partial charge in [-0.15, -0.1) is 5.10 Å². The minimum atomic E-state index is 0.320. The van der Waals surface area contributed by atoms with Gasteiger partial charge in [-0.25, -0.2) is 14.5 Å². The number of halogens is 1. The van der Waals surface area contributed by atoms with E-state index in [0.29, 0.717) is 21.3 Å². The van der Waals surface area contributed by atoms with Crippen molar-refractivity contribution in [3.8, 4) is 17.2 Å². The summed E-state index contributed by atoms with van der Waals surface area (Å²) in [4.78, 5) is 0. The second kappa shape index (κ2) is 4.73. The quantitative estimate of drug-likeness (QED) is 0.557. The summed E-state index contributed by atoms with van der Waals surface area (Å²) < 4.78 is 3.27. The van der Waals surface area contributed by atoms with Crippen LogP contribution in [0.1, 0.15) is 5.69 Å². The van der Waals surface area contributed by atoms with E-state index < -0.39 is 0 Å². The Morgan fingerprint density at radius 3 is 2.60 bits per heavy atom. The molecule has 0 radical (unpaired) electrons. The molecule has 0 fully saturated rings. The maximum atomic E-state index is 5.87. The highest BCUT2D eigenvalue weighted by Crippen LogP contribution is 2.20. The van der Waals surface area contributed by atoms with Crippen molar-refractivity contribution in [3.05, 3.63) is 39.8 Å². The zero-order valence-corrected chi connectivity index (χ0v) is 12.0. The number of aromatic nitrogens is 6. The molecule has 0 aliphatic carbocycles. The van der Waals surface area contributed by atoms with E-state index in [9.17, 15) is 0 Å². The van der Waals surface area contributed by atoms with Crippen molar-refractivity contribution >= 4 is 23.8 Å². The summed E-state index contributed by atoms with van der Waals surface area (Å²) >= 11 is 10.9. The lowest BCUT2D eigenvalue weighted by atomic mass is 10.3. The number of nitrogens with one attached hydrogen (secondary N) is 1. The van der Waals surface area contributed by atoms with Crippen LogP contribution in [0.25, 0.3) is 17.2 Å². The van der Waals surface area contributed by atoms with Crippen LogP contribution in [0.15, 0.2) is 24.3 Å². The molecule has 3 aromatic rings. The maximum absolute atomic E-state index is 5.87. The van der Waals surface area contributed by atoms with Crippen LogP contribution >= 0.6 is 23.8 Å². The van der Waals surface area contributed by atoms with E-state index in [1.54, 1.807) is 16.8 Å². The highest BCUT2D eigenvalue weighted by molar-refractivity contribution is 7.71. The molecule has 9 heteroatoms. The first-order chi connectivity index (χ1) is 9.58. The van der Waals surface area contributed by atoms with Gasteiger partial charge in [0.1, 0.15) is 0 Å². The first-order valence-corrected chi connectivity index (χ1v) is 6.47. The Bertz CT molecular complexity index is 814. The molecule has 0 saturated heterocycles. The third-order valence-corrected chi connectivity index (χ3v) is 3.42. The SMILES string of the molecule is Cc1c(-c2n[nH]c(=S)n2N)nnn1-c1ccc(Cl)cc1. The molecule has 0 amide bonds. The van der Waals surface area contributed by atoms with Crippen molar-refractivity contribution in [2.75, 3.05) is 5.84 Å². The van der Waals surface area contributed by atoms with E-state index in [4.69, 9.17) is 29.7 Å². The zero-order valence-electron chi connectivity index (χ0n) is 10.4. The summed E-state index contributed by atoms with van der Waals surface area (Å²) in [6.07, 6.45) is 0. The molecule has 7 nitrogen and oxygen atoms in total. The van der Waals surface area contributed by atoms with E-state index >= 15 is 0 Å². The normalized spacial score (nSPS) is 10.9. The fourth-order valence-electron chi connectivity index (χ4n) is 1.84. The molecule has 0 unspecified atom stereocenters.